The fourth-order valence-corrected chi connectivity index (χ4v) is 1.99. The van der Waals surface area contributed by atoms with Gasteiger partial charge in [-0.25, -0.2) is 0 Å². The van der Waals surface area contributed by atoms with Crippen molar-refractivity contribution in [2.75, 3.05) is 39.4 Å². The van der Waals surface area contributed by atoms with Crippen molar-refractivity contribution in [1.29, 1.82) is 0 Å². The van der Waals surface area contributed by atoms with Crippen molar-refractivity contribution < 1.29 is 4.74 Å². The second kappa shape index (κ2) is 5.58. The van der Waals surface area contributed by atoms with E-state index in [2.05, 4.69) is 18.7 Å². The molecule has 1 heterocycles. The lowest BCUT2D eigenvalue weighted by Crippen LogP contribution is -2.27. The molecule has 3 heteroatoms. The summed E-state index contributed by atoms with van der Waals surface area (Å²) in [6, 6.07) is 0. The molecule has 0 aromatic rings. The maximum atomic E-state index is 5.53. The Morgan fingerprint density at radius 3 is 2.85 bits per heavy atom. The lowest BCUT2D eigenvalue weighted by molar-refractivity contribution is 0.102. The number of hydrogen-bond acceptors (Lipinski definition) is 3. The standard InChI is InChI=1S/C10H22N2O/c1-3-13-8-10-7-12(5-4-11)6-9(10)2/h9-10H,3-8,11H2,1-2H3/t9-,10+/m0/s1. The van der Waals surface area contributed by atoms with Crippen molar-refractivity contribution in [1.82, 2.24) is 4.90 Å². The van der Waals surface area contributed by atoms with Gasteiger partial charge in [-0.05, 0) is 18.8 Å². The van der Waals surface area contributed by atoms with Crippen LogP contribution in [0.1, 0.15) is 13.8 Å². The second-order valence-electron chi connectivity index (χ2n) is 3.95. The van der Waals surface area contributed by atoms with Crippen LogP contribution in [0.25, 0.3) is 0 Å². The van der Waals surface area contributed by atoms with Gasteiger partial charge in [0.25, 0.3) is 0 Å². The third-order valence-corrected chi connectivity index (χ3v) is 2.83. The van der Waals surface area contributed by atoms with Crippen LogP contribution in [-0.4, -0.2) is 44.3 Å². The highest BCUT2D eigenvalue weighted by molar-refractivity contribution is 4.81. The zero-order valence-electron chi connectivity index (χ0n) is 8.83. The first-order valence-corrected chi connectivity index (χ1v) is 5.28. The highest BCUT2D eigenvalue weighted by atomic mass is 16.5. The SMILES string of the molecule is CCOC[C@H]1CN(CCN)C[C@@H]1C. The molecule has 0 unspecified atom stereocenters. The molecule has 0 amide bonds. The predicted octanol–water partition coefficient (Wildman–Crippen LogP) is 0.550. The summed E-state index contributed by atoms with van der Waals surface area (Å²) in [5.41, 5.74) is 5.53. The van der Waals surface area contributed by atoms with Crippen LogP contribution in [0.4, 0.5) is 0 Å². The maximum absolute atomic E-state index is 5.53. The first-order valence-electron chi connectivity index (χ1n) is 5.28. The van der Waals surface area contributed by atoms with Crippen LogP contribution in [0.15, 0.2) is 0 Å². The van der Waals surface area contributed by atoms with Crippen molar-refractivity contribution in [2.24, 2.45) is 17.6 Å². The number of nitrogens with zero attached hydrogens (tertiary/aromatic N) is 1. The number of nitrogens with two attached hydrogens (primary N) is 1. The molecule has 0 radical (unpaired) electrons. The minimum Gasteiger partial charge on any atom is -0.381 e. The largest absolute Gasteiger partial charge is 0.381 e. The van der Waals surface area contributed by atoms with E-state index in [-0.39, 0.29) is 0 Å². The van der Waals surface area contributed by atoms with E-state index in [0.29, 0.717) is 5.92 Å². The molecule has 78 valence electrons. The lowest BCUT2D eigenvalue weighted by atomic mass is 9.99. The molecule has 2 N–H and O–H groups in total. The summed E-state index contributed by atoms with van der Waals surface area (Å²) in [4.78, 5) is 2.44. The molecule has 0 saturated carbocycles. The van der Waals surface area contributed by atoms with Crippen LogP contribution >= 0.6 is 0 Å². The number of ether oxygens (including phenoxy) is 1. The number of likely N-dealkylation sites (tertiary alicyclic amines) is 1. The van der Waals surface area contributed by atoms with E-state index in [1.807, 2.05) is 0 Å². The summed E-state index contributed by atoms with van der Waals surface area (Å²) in [6.07, 6.45) is 0. The average Bonchev–Trinajstić information content (AvgIpc) is 2.44. The zero-order chi connectivity index (χ0) is 9.68. The Morgan fingerprint density at radius 1 is 1.46 bits per heavy atom. The normalized spacial score (nSPS) is 29.8. The molecule has 1 aliphatic rings. The molecule has 0 aromatic heterocycles. The van der Waals surface area contributed by atoms with Gasteiger partial charge >= 0.3 is 0 Å². The number of rotatable bonds is 5. The van der Waals surface area contributed by atoms with Crippen molar-refractivity contribution in [3.05, 3.63) is 0 Å². The van der Waals surface area contributed by atoms with Crippen LogP contribution in [0.3, 0.4) is 0 Å². The van der Waals surface area contributed by atoms with Crippen molar-refractivity contribution in [3.63, 3.8) is 0 Å². The molecule has 0 spiro atoms. The van der Waals surface area contributed by atoms with Crippen LogP contribution in [0, 0.1) is 11.8 Å². The molecular weight excluding hydrogens is 164 g/mol. The quantitative estimate of drug-likeness (QED) is 0.681. The smallest absolute Gasteiger partial charge is 0.0509 e. The van der Waals surface area contributed by atoms with E-state index in [9.17, 15) is 0 Å². The number of hydrogen-bond donors (Lipinski definition) is 1. The van der Waals surface area contributed by atoms with Gasteiger partial charge in [0.15, 0.2) is 0 Å². The van der Waals surface area contributed by atoms with E-state index in [0.717, 1.165) is 32.2 Å². The first-order chi connectivity index (χ1) is 6.27. The summed E-state index contributed by atoms with van der Waals surface area (Å²) in [5, 5.41) is 0. The van der Waals surface area contributed by atoms with Gasteiger partial charge in [0, 0.05) is 32.8 Å². The Kier molecular flexibility index (Phi) is 4.70. The van der Waals surface area contributed by atoms with Crippen LogP contribution in [0.5, 0.6) is 0 Å². The lowest BCUT2D eigenvalue weighted by Gasteiger charge is -2.14. The highest BCUT2D eigenvalue weighted by Gasteiger charge is 2.28. The molecular formula is C10H22N2O. The van der Waals surface area contributed by atoms with Gasteiger partial charge in [-0.1, -0.05) is 6.92 Å². The summed E-state index contributed by atoms with van der Waals surface area (Å²) >= 11 is 0. The van der Waals surface area contributed by atoms with E-state index < -0.39 is 0 Å². The second-order valence-corrected chi connectivity index (χ2v) is 3.95. The van der Waals surface area contributed by atoms with Gasteiger partial charge in [-0.2, -0.15) is 0 Å². The van der Waals surface area contributed by atoms with Crippen molar-refractivity contribution in [3.8, 4) is 0 Å². The van der Waals surface area contributed by atoms with Crippen LogP contribution in [-0.2, 0) is 4.74 Å². The van der Waals surface area contributed by atoms with Gasteiger partial charge in [-0.3, -0.25) is 0 Å². The average molecular weight is 186 g/mol. The van der Waals surface area contributed by atoms with E-state index in [4.69, 9.17) is 10.5 Å². The monoisotopic (exact) mass is 186 g/mol. The Hall–Kier alpha value is -0.120. The molecule has 0 bridgehead atoms. The summed E-state index contributed by atoms with van der Waals surface area (Å²) in [5.74, 6) is 1.48. The highest BCUT2D eigenvalue weighted by Crippen LogP contribution is 2.22. The molecule has 2 atom stereocenters. The molecule has 0 aromatic carbocycles. The Bertz CT molecular complexity index is 141. The molecule has 1 fully saturated rings. The predicted molar refractivity (Wildman–Crippen MR) is 54.6 cm³/mol. The fourth-order valence-electron chi connectivity index (χ4n) is 1.99. The summed E-state index contributed by atoms with van der Waals surface area (Å²) < 4.78 is 5.46. The topological polar surface area (TPSA) is 38.5 Å². The Morgan fingerprint density at radius 2 is 2.23 bits per heavy atom. The van der Waals surface area contributed by atoms with Gasteiger partial charge in [0.2, 0.25) is 0 Å². The van der Waals surface area contributed by atoms with Gasteiger partial charge in [-0.15, -0.1) is 0 Å². The van der Waals surface area contributed by atoms with Gasteiger partial charge in [0.1, 0.15) is 0 Å². The molecule has 0 aliphatic carbocycles. The minimum atomic E-state index is 0.714. The Labute approximate surface area is 81.2 Å². The summed E-state index contributed by atoms with van der Waals surface area (Å²) in [6.45, 7) is 10.3. The summed E-state index contributed by atoms with van der Waals surface area (Å²) in [7, 11) is 0. The maximum Gasteiger partial charge on any atom is 0.0509 e. The van der Waals surface area contributed by atoms with Crippen molar-refractivity contribution in [2.45, 2.75) is 13.8 Å². The van der Waals surface area contributed by atoms with E-state index in [1.165, 1.54) is 13.1 Å². The first kappa shape index (κ1) is 11.0. The molecule has 13 heavy (non-hydrogen) atoms. The molecule has 1 aliphatic heterocycles. The minimum absolute atomic E-state index is 0.714. The third kappa shape index (κ3) is 3.25. The molecule has 1 saturated heterocycles. The third-order valence-electron chi connectivity index (χ3n) is 2.83. The fraction of sp³-hybridized carbons (Fsp3) is 1.00. The molecule has 1 rings (SSSR count). The van der Waals surface area contributed by atoms with Gasteiger partial charge < -0.3 is 15.4 Å². The van der Waals surface area contributed by atoms with Crippen molar-refractivity contribution >= 4 is 0 Å². The van der Waals surface area contributed by atoms with Crippen LogP contribution < -0.4 is 5.73 Å². The zero-order valence-corrected chi connectivity index (χ0v) is 8.83. The Balaban J connectivity index is 2.24. The van der Waals surface area contributed by atoms with E-state index in [1.54, 1.807) is 0 Å². The van der Waals surface area contributed by atoms with Gasteiger partial charge in [0.05, 0.1) is 6.61 Å². The molecule has 3 nitrogen and oxygen atoms in total. The van der Waals surface area contributed by atoms with E-state index >= 15 is 0 Å². The van der Waals surface area contributed by atoms with Crippen LogP contribution in [0.2, 0.25) is 0 Å².